The van der Waals surface area contributed by atoms with Crippen molar-refractivity contribution in [1.82, 2.24) is 19.6 Å². The minimum absolute atomic E-state index is 0.0589. The van der Waals surface area contributed by atoms with Crippen molar-refractivity contribution in [2.75, 3.05) is 19.6 Å². The molecule has 2 amide bonds. The number of aryl methyl sites for hydroxylation is 1. The third kappa shape index (κ3) is 2.35. The number of primary amides is 1. The fourth-order valence-electron chi connectivity index (χ4n) is 3.21. The van der Waals surface area contributed by atoms with E-state index in [4.69, 9.17) is 5.73 Å². The van der Waals surface area contributed by atoms with Crippen LogP contribution in [0.2, 0.25) is 0 Å². The summed E-state index contributed by atoms with van der Waals surface area (Å²) in [4.78, 5) is 17.9. The number of hydrogen-bond donors (Lipinski definition) is 2. The second-order valence-electron chi connectivity index (χ2n) is 5.64. The molecule has 2 aromatic heterocycles. The van der Waals surface area contributed by atoms with Crippen LogP contribution in [-0.2, 0) is 0 Å². The third-order valence-corrected chi connectivity index (χ3v) is 4.35. The number of piperazine rings is 1. The zero-order valence-corrected chi connectivity index (χ0v) is 12.4. The van der Waals surface area contributed by atoms with Crippen LogP contribution in [0, 0.1) is 6.92 Å². The largest absolute Gasteiger partial charge is 0.351 e. The summed E-state index contributed by atoms with van der Waals surface area (Å²) in [6.45, 7) is 6.39. The van der Waals surface area contributed by atoms with Crippen molar-refractivity contribution in [1.29, 1.82) is 0 Å². The number of rotatable bonds is 2. The van der Waals surface area contributed by atoms with E-state index in [1.54, 1.807) is 4.90 Å². The molecule has 1 aliphatic rings. The zero-order valence-electron chi connectivity index (χ0n) is 12.4. The average molecular weight is 287 g/mol. The summed E-state index contributed by atoms with van der Waals surface area (Å²) in [6, 6.07) is 5.82. The Kier molecular flexibility index (Phi) is 3.55. The van der Waals surface area contributed by atoms with Crippen molar-refractivity contribution in [3.63, 3.8) is 0 Å². The third-order valence-electron chi connectivity index (χ3n) is 4.35. The molecular weight excluding hydrogens is 266 g/mol. The number of hydrogen-bond acceptors (Lipinski definition) is 3. The smallest absolute Gasteiger partial charge is 0.315 e. The first-order valence-corrected chi connectivity index (χ1v) is 7.29. The molecule has 112 valence electrons. The molecule has 0 spiro atoms. The van der Waals surface area contributed by atoms with Crippen molar-refractivity contribution in [3.8, 4) is 0 Å². The van der Waals surface area contributed by atoms with Gasteiger partial charge in [-0.15, -0.1) is 0 Å². The summed E-state index contributed by atoms with van der Waals surface area (Å²) < 4.78 is 2.15. The van der Waals surface area contributed by atoms with Gasteiger partial charge < -0.3 is 20.4 Å². The molecule has 1 unspecified atom stereocenters. The lowest BCUT2D eigenvalue weighted by Gasteiger charge is -2.38. The summed E-state index contributed by atoms with van der Waals surface area (Å²) in [5.41, 5.74) is 8.73. The molecule has 6 nitrogen and oxygen atoms in total. The highest BCUT2D eigenvalue weighted by molar-refractivity contribution is 5.72. The Morgan fingerprint density at radius 3 is 3.10 bits per heavy atom. The Hall–Kier alpha value is -2.08. The van der Waals surface area contributed by atoms with Crippen molar-refractivity contribution in [2.24, 2.45) is 5.73 Å². The molecule has 6 heteroatoms. The van der Waals surface area contributed by atoms with Crippen LogP contribution in [0.4, 0.5) is 4.79 Å². The highest BCUT2D eigenvalue weighted by Crippen LogP contribution is 2.25. The Morgan fingerprint density at radius 2 is 2.33 bits per heavy atom. The van der Waals surface area contributed by atoms with Gasteiger partial charge in [-0.05, 0) is 19.1 Å². The van der Waals surface area contributed by atoms with E-state index in [0.29, 0.717) is 6.54 Å². The van der Waals surface area contributed by atoms with Crippen LogP contribution in [0.1, 0.15) is 24.2 Å². The monoisotopic (exact) mass is 287 g/mol. The van der Waals surface area contributed by atoms with Gasteiger partial charge in [0.2, 0.25) is 0 Å². The number of imidazole rings is 1. The summed E-state index contributed by atoms with van der Waals surface area (Å²) >= 11 is 0. The van der Waals surface area contributed by atoms with Gasteiger partial charge >= 0.3 is 6.03 Å². The number of nitrogens with one attached hydrogen (secondary N) is 1. The molecule has 1 aliphatic heterocycles. The number of carbonyl (C=O) groups is 1. The standard InChI is InChI=1S/C15H21N5O/c1-10-8-18-14-5-3-4-12(20(10)14)11(2)13-9-17-6-7-19(13)15(16)21/h3-5,8,11,13,17H,6-7,9H2,1-2H3,(H2,16,21)/t11-,13?/m1/s1. The molecule has 0 bridgehead atoms. The van der Waals surface area contributed by atoms with Gasteiger partial charge in [0.25, 0.3) is 0 Å². The number of fused-ring (bicyclic) bond motifs is 1. The Balaban J connectivity index is 2.01. The van der Waals surface area contributed by atoms with E-state index in [2.05, 4.69) is 27.7 Å². The van der Waals surface area contributed by atoms with Crippen LogP contribution < -0.4 is 11.1 Å². The van der Waals surface area contributed by atoms with Gasteiger partial charge in [0.05, 0.1) is 6.04 Å². The van der Waals surface area contributed by atoms with Crippen LogP contribution in [-0.4, -0.2) is 46.0 Å². The first-order chi connectivity index (χ1) is 10.1. The Morgan fingerprint density at radius 1 is 1.52 bits per heavy atom. The molecule has 3 N–H and O–H groups in total. The normalized spacial score (nSPS) is 20.7. The van der Waals surface area contributed by atoms with Crippen molar-refractivity contribution in [3.05, 3.63) is 35.8 Å². The lowest BCUT2D eigenvalue weighted by atomic mass is 9.94. The van der Waals surface area contributed by atoms with Crippen LogP contribution in [0.3, 0.4) is 0 Å². The van der Waals surface area contributed by atoms with Gasteiger partial charge in [0, 0.05) is 43.1 Å². The van der Waals surface area contributed by atoms with Crippen molar-refractivity contribution in [2.45, 2.75) is 25.8 Å². The number of urea groups is 1. The van der Waals surface area contributed by atoms with Crippen molar-refractivity contribution >= 4 is 11.7 Å². The zero-order chi connectivity index (χ0) is 15.0. The minimum atomic E-state index is -0.345. The van der Waals surface area contributed by atoms with Crippen LogP contribution in [0.5, 0.6) is 0 Å². The van der Waals surface area contributed by atoms with Gasteiger partial charge in [-0.3, -0.25) is 0 Å². The highest BCUT2D eigenvalue weighted by atomic mass is 16.2. The van der Waals surface area contributed by atoms with Crippen LogP contribution >= 0.6 is 0 Å². The van der Waals surface area contributed by atoms with E-state index < -0.39 is 0 Å². The Bertz CT molecular complexity index is 665. The number of amides is 2. The van der Waals surface area contributed by atoms with E-state index in [9.17, 15) is 4.79 Å². The van der Waals surface area contributed by atoms with Crippen LogP contribution in [0.25, 0.3) is 5.65 Å². The van der Waals surface area contributed by atoms with Gasteiger partial charge in [-0.1, -0.05) is 13.0 Å². The number of aromatic nitrogens is 2. The van der Waals surface area contributed by atoms with Gasteiger partial charge in [-0.25, -0.2) is 9.78 Å². The number of carbonyl (C=O) groups excluding carboxylic acids is 1. The molecule has 1 saturated heterocycles. The maximum absolute atomic E-state index is 11.7. The summed E-state index contributed by atoms with van der Waals surface area (Å²) in [5.74, 6) is 0.168. The Labute approximate surface area is 123 Å². The van der Waals surface area contributed by atoms with E-state index >= 15 is 0 Å². The highest BCUT2D eigenvalue weighted by Gasteiger charge is 2.31. The van der Waals surface area contributed by atoms with E-state index in [1.807, 2.05) is 25.3 Å². The molecule has 3 heterocycles. The topological polar surface area (TPSA) is 75.7 Å². The van der Waals surface area contributed by atoms with Gasteiger partial charge in [-0.2, -0.15) is 0 Å². The van der Waals surface area contributed by atoms with Gasteiger partial charge in [0.1, 0.15) is 5.65 Å². The van der Waals surface area contributed by atoms with E-state index in [1.165, 1.54) is 0 Å². The number of nitrogens with two attached hydrogens (primary N) is 1. The SMILES string of the molecule is Cc1cnc2cccc([C@@H](C)C3CNCCN3C(N)=O)n12. The molecule has 0 radical (unpaired) electrons. The first kappa shape index (κ1) is 13.9. The molecule has 2 atom stereocenters. The molecule has 0 aromatic carbocycles. The lowest BCUT2D eigenvalue weighted by Crippen LogP contribution is -2.57. The molecule has 21 heavy (non-hydrogen) atoms. The molecule has 0 aliphatic carbocycles. The van der Waals surface area contributed by atoms with Gasteiger partial charge in [0.15, 0.2) is 0 Å². The predicted molar refractivity (Wildman–Crippen MR) is 81.3 cm³/mol. The van der Waals surface area contributed by atoms with E-state index in [0.717, 1.165) is 30.1 Å². The molecular formula is C15H21N5O. The van der Waals surface area contributed by atoms with Crippen LogP contribution in [0.15, 0.2) is 24.4 Å². The molecule has 3 rings (SSSR count). The summed E-state index contributed by atoms with van der Waals surface area (Å²) in [7, 11) is 0. The fourth-order valence-corrected chi connectivity index (χ4v) is 3.21. The molecule has 1 fully saturated rings. The van der Waals surface area contributed by atoms with Crippen molar-refractivity contribution < 1.29 is 4.79 Å². The fraction of sp³-hybridized carbons (Fsp3) is 0.467. The number of pyridine rings is 1. The lowest BCUT2D eigenvalue weighted by molar-refractivity contribution is 0.154. The molecule has 0 saturated carbocycles. The van der Waals surface area contributed by atoms with E-state index in [-0.39, 0.29) is 18.0 Å². The summed E-state index contributed by atoms with van der Waals surface area (Å²) in [6.07, 6.45) is 1.87. The maximum atomic E-state index is 11.7. The minimum Gasteiger partial charge on any atom is -0.351 e. The number of nitrogens with zero attached hydrogens (tertiary/aromatic N) is 3. The molecule has 2 aromatic rings. The summed E-state index contributed by atoms with van der Waals surface area (Å²) in [5, 5.41) is 3.35. The maximum Gasteiger partial charge on any atom is 0.315 e. The quantitative estimate of drug-likeness (QED) is 0.868. The second-order valence-corrected chi connectivity index (χ2v) is 5.64. The predicted octanol–water partition coefficient (Wildman–Crippen LogP) is 1.10. The second kappa shape index (κ2) is 5.37. The average Bonchev–Trinajstić information content (AvgIpc) is 2.88. The first-order valence-electron chi connectivity index (χ1n) is 7.29.